The standard InChI is InChI=1S/C12H15Cl2NO3/c1-7(12(16)17)15(2)6-8-4-10(14)11(18-3)5-9(8)13/h4-5,7H,6H2,1-3H3,(H,16,17). The van der Waals surface area contributed by atoms with Crippen LogP contribution in [0.2, 0.25) is 10.0 Å². The lowest BCUT2D eigenvalue weighted by Crippen LogP contribution is -2.35. The number of rotatable bonds is 5. The molecule has 0 aliphatic heterocycles. The van der Waals surface area contributed by atoms with Gasteiger partial charge in [0.1, 0.15) is 11.8 Å². The molecule has 0 saturated heterocycles. The van der Waals surface area contributed by atoms with Crippen molar-refractivity contribution in [2.75, 3.05) is 14.2 Å². The van der Waals surface area contributed by atoms with Gasteiger partial charge in [0.2, 0.25) is 0 Å². The molecule has 4 nitrogen and oxygen atoms in total. The number of likely N-dealkylation sites (N-methyl/N-ethyl adjacent to an activating group) is 1. The Hall–Kier alpha value is -0.970. The fourth-order valence-corrected chi connectivity index (χ4v) is 1.92. The third kappa shape index (κ3) is 3.51. The monoisotopic (exact) mass is 291 g/mol. The summed E-state index contributed by atoms with van der Waals surface area (Å²) in [7, 11) is 3.23. The normalized spacial score (nSPS) is 12.6. The molecule has 0 radical (unpaired) electrons. The number of methoxy groups -OCH3 is 1. The van der Waals surface area contributed by atoms with Crippen molar-refractivity contribution in [2.24, 2.45) is 0 Å². The predicted molar refractivity (Wildman–Crippen MR) is 71.6 cm³/mol. The molecule has 1 unspecified atom stereocenters. The molecule has 1 aromatic rings. The molecule has 0 bridgehead atoms. The van der Waals surface area contributed by atoms with Crippen LogP contribution in [0.5, 0.6) is 5.75 Å². The van der Waals surface area contributed by atoms with Crippen molar-refractivity contribution in [2.45, 2.75) is 19.5 Å². The van der Waals surface area contributed by atoms with Gasteiger partial charge in [-0.1, -0.05) is 23.2 Å². The number of carboxylic acids is 1. The van der Waals surface area contributed by atoms with Gasteiger partial charge in [0.25, 0.3) is 0 Å². The number of carbonyl (C=O) groups is 1. The molecule has 0 heterocycles. The van der Waals surface area contributed by atoms with E-state index < -0.39 is 12.0 Å². The lowest BCUT2D eigenvalue weighted by atomic mass is 10.2. The number of ether oxygens (including phenoxy) is 1. The lowest BCUT2D eigenvalue weighted by Gasteiger charge is -2.22. The highest BCUT2D eigenvalue weighted by molar-refractivity contribution is 6.34. The van der Waals surface area contributed by atoms with E-state index in [1.165, 1.54) is 7.11 Å². The molecule has 18 heavy (non-hydrogen) atoms. The summed E-state index contributed by atoms with van der Waals surface area (Å²) >= 11 is 12.1. The van der Waals surface area contributed by atoms with Crippen LogP contribution in [-0.2, 0) is 11.3 Å². The van der Waals surface area contributed by atoms with Crippen LogP contribution in [0.25, 0.3) is 0 Å². The number of carboxylic acid groups (broad SMARTS) is 1. The summed E-state index contributed by atoms with van der Waals surface area (Å²) in [6.07, 6.45) is 0. The first-order chi connectivity index (χ1) is 8.36. The summed E-state index contributed by atoms with van der Waals surface area (Å²) < 4.78 is 5.05. The van der Waals surface area contributed by atoms with E-state index in [1.807, 2.05) is 0 Å². The van der Waals surface area contributed by atoms with E-state index in [4.69, 9.17) is 33.0 Å². The highest BCUT2D eigenvalue weighted by Gasteiger charge is 2.18. The maximum absolute atomic E-state index is 10.9. The molecular formula is C12H15Cl2NO3. The molecule has 0 aromatic heterocycles. The van der Waals surface area contributed by atoms with Gasteiger partial charge < -0.3 is 9.84 Å². The molecule has 1 atom stereocenters. The van der Waals surface area contributed by atoms with E-state index in [2.05, 4.69) is 0 Å². The van der Waals surface area contributed by atoms with Gasteiger partial charge in [-0.2, -0.15) is 0 Å². The molecule has 0 amide bonds. The van der Waals surface area contributed by atoms with Gasteiger partial charge in [-0.3, -0.25) is 9.69 Å². The third-order valence-electron chi connectivity index (χ3n) is 2.76. The van der Waals surface area contributed by atoms with Gasteiger partial charge >= 0.3 is 5.97 Å². The average Bonchev–Trinajstić information content (AvgIpc) is 2.32. The number of benzene rings is 1. The van der Waals surface area contributed by atoms with Crippen LogP contribution >= 0.6 is 23.2 Å². The van der Waals surface area contributed by atoms with Gasteiger partial charge in [0.05, 0.1) is 12.1 Å². The van der Waals surface area contributed by atoms with Gasteiger partial charge in [-0.25, -0.2) is 0 Å². The Kier molecular flexibility index (Phi) is 5.26. The Morgan fingerprint density at radius 3 is 2.56 bits per heavy atom. The molecule has 0 spiro atoms. The van der Waals surface area contributed by atoms with Gasteiger partial charge in [-0.05, 0) is 25.6 Å². The van der Waals surface area contributed by atoms with Crippen LogP contribution < -0.4 is 4.74 Å². The average molecular weight is 292 g/mol. The second-order valence-electron chi connectivity index (χ2n) is 4.01. The summed E-state index contributed by atoms with van der Waals surface area (Å²) in [5.74, 6) is -0.382. The minimum atomic E-state index is -0.881. The summed E-state index contributed by atoms with van der Waals surface area (Å²) in [6, 6.07) is 2.72. The van der Waals surface area contributed by atoms with Gasteiger partial charge in [0.15, 0.2) is 0 Å². The second kappa shape index (κ2) is 6.27. The number of aliphatic carboxylic acids is 1. The second-order valence-corrected chi connectivity index (χ2v) is 4.82. The molecule has 1 N–H and O–H groups in total. The van der Waals surface area contributed by atoms with E-state index in [1.54, 1.807) is 31.0 Å². The fraction of sp³-hybridized carbons (Fsp3) is 0.417. The topological polar surface area (TPSA) is 49.8 Å². The van der Waals surface area contributed by atoms with E-state index >= 15 is 0 Å². The summed E-state index contributed by atoms with van der Waals surface area (Å²) in [5, 5.41) is 9.87. The molecule has 0 saturated carbocycles. The summed E-state index contributed by atoms with van der Waals surface area (Å²) in [4.78, 5) is 12.5. The molecule has 0 fully saturated rings. The Morgan fingerprint density at radius 1 is 1.44 bits per heavy atom. The minimum absolute atomic E-state index is 0.399. The first kappa shape index (κ1) is 15.1. The Bertz CT molecular complexity index is 451. The summed E-state index contributed by atoms with van der Waals surface area (Å²) in [5.41, 5.74) is 0.762. The zero-order chi connectivity index (χ0) is 13.9. The minimum Gasteiger partial charge on any atom is -0.495 e. The molecule has 1 rings (SSSR count). The van der Waals surface area contributed by atoms with Crippen molar-refractivity contribution in [1.29, 1.82) is 0 Å². The molecule has 0 aliphatic carbocycles. The molecule has 6 heteroatoms. The molecule has 0 aliphatic rings. The number of halogens is 2. The van der Waals surface area contributed by atoms with Crippen LogP contribution in [0.3, 0.4) is 0 Å². The molecular weight excluding hydrogens is 277 g/mol. The summed E-state index contributed by atoms with van der Waals surface area (Å²) in [6.45, 7) is 2.01. The zero-order valence-corrected chi connectivity index (χ0v) is 11.9. The zero-order valence-electron chi connectivity index (χ0n) is 10.4. The SMILES string of the molecule is COc1cc(Cl)c(CN(C)C(C)C(=O)O)cc1Cl. The number of hydrogen-bond acceptors (Lipinski definition) is 3. The maximum atomic E-state index is 10.9. The van der Waals surface area contributed by atoms with Gasteiger partial charge in [0, 0.05) is 17.6 Å². The number of hydrogen-bond donors (Lipinski definition) is 1. The van der Waals surface area contributed by atoms with E-state index in [9.17, 15) is 4.79 Å². The van der Waals surface area contributed by atoms with E-state index in [0.717, 1.165) is 5.56 Å². The molecule has 100 valence electrons. The smallest absolute Gasteiger partial charge is 0.320 e. The Morgan fingerprint density at radius 2 is 2.06 bits per heavy atom. The van der Waals surface area contributed by atoms with E-state index in [-0.39, 0.29) is 0 Å². The quantitative estimate of drug-likeness (QED) is 0.906. The van der Waals surface area contributed by atoms with Crippen molar-refractivity contribution in [3.8, 4) is 5.75 Å². The van der Waals surface area contributed by atoms with Crippen LogP contribution in [0.1, 0.15) is 12.5 Å². The van der Waals surface area contributed by atoms with Crippen molar-refractivity contribution in [1.82, 2.24) is 4.90 Å². The van der Waals surface area contributed by atoms with Crippen molar-refractivity contribution in [3.05, 3.63) is 27.7 Å². The maximum Gasteiger partial charge on any atom is 0.320 e. The first-order valence-electron chi connectivity index (χ1n) is 5.31. The van der Waals surface area contributed by atoms with Gasteiger partial charge in [-0.15, -0.1) is 0 Å². The van der Waals surface area contributed by atoms with Crippen LogP contribution in [0.4, 0.5) is 0 Å². The van der Waals surface area contributed by atoms with Crippen molar-refractivity contribution >= 4 is 29.2 Å². The molecule has 1 aromatic carbocycles. The largest absolute Gasteiger partial charge is 0.495 e. The highest BCUT2D eigenvalue weighted by atomic mass is 35.5. The van der Waals surface area contributed by atoms with Crippen LogP contribution in [0.15, 0.2) is 12.1 Å². The van der Waals surface area contributed by atoms with Crippen LogP contribution in [-0.4, -0.2) is 36.2 Å². The number of nitrogens with zero attached hydrogens (tertiary/aromatic N) is 1. The Labute approximate surface area is 116 Å². The van der Waals surface area contributed by atoms with E-state index in [0.29, 0.717) is 22.3 Å². The first-order valence-corrected chi connectivity index (χ1v) is 6.07. The fourth-order valence-electron chi connectivity index (χ4n) is 1.44. The Balaban J connectivity index is 2.91. The highest BCUT2D eigenvalue weighted by Crippen LogP contribution is 2.31. The van der Waals surface area contributed by atoms with Crippen LogP contribution in [0, 0.1) is 0 Å². The van der Waals surface area contributed by atoms with Crippen molar-refractivity contribution in [3.63, 3.8) is 0 Å². The van der Waals surface area contributed by atoms with Crippen molar-refractivity contribution < 1.29 is 14.6 Å². The predicted octanol–water partition coefficient (Wildman–Crippen LogP) is 2.91. The third-order valence-corrected chi connectivity index (χ3v) is 3.41. The lowest BCUT2D eigenvalue weighted by molar-refractivity contribution is -0.142.